The van der Waals surface area contributed by atoms with Crippen LogP contribution in [0, 0.1) is 12.7 Å². The number of aryl methyl sites for hydroxylation is 1. The van der Waals surface area contributed by atoms with E-state index in [0.29, 0.717) is 28.4 Å². The number of carbonyl (C=O) groups is 2. The predicted molar refractivity (Wildman–Crippen MR) is 125 cm³/mol. The number of hydrogen-bond donors (Lipinski definition) is 1. The minimum absolute atomic E-state index is 0.0276. The lowest BCUT2D eigenvalue weighted by Crippen LogP contribution is -2.49. The lowest BCUT2D eigenvalue weighted by atomic mass is 10.0. The number of rotatable bonds is 4. The van der Waals surface area contributed by atoms with Crippen molar-refractivity contribution in [1.29, 1.82) is 0 Å². The van der Waals surface area contributed by atoms with E-state index in [4.69, 9.17) is 10.5 Å². The number of ether oxygens (including phenoxy) is 1. The lowest BCUT2D eigenvalue weighted by molar-refractivity contribution is -0.124. The minimum Gasteiger partial charge on any atom is -0.477 e. The van der Waals surface area contributed by atoms with E-state index in [9.17, 15) is 14.0 Å². The van der Waals surface area contributed by atoms with Gasteiger partial charge in [0.15, 0.2) is 6.10 Å². The number of halogens is 1. The fourth-order valence-corrected chi connectivity index (χ4v) is 3.98. The predicted octanol–water partition coefficient (Wildman–Crippen LogP) is 3.88. The largest absolute Gasteiger partial charge is 0.477 e. The van der Waals surface area contributed by atoms with Gasteiger partial charge < -0.3 is 15.4 Å². The zero-order chi connectivity index (χ0) is 23.8. The Balaban J connectivity index is 1.64. The SMILES string of the molecule is Cc1cccc(-c2nn(-c3ccc(F)cc3)cc2C(=O)N2C[C@@H](C(N)=O)Oc3ccccc32)c1. The first-order valence-corrected chi connectivity index (χ1v) is 10.7. The Bertz CT molecular complexity index is 1400. The summed E-state index contributed by atoms with van der Waals surface area (Å²) in [6.45, 7) is 1.93. The third-order valence-electron chi connectivity index (χ3n) is 5.66. The molecule has 2 N–H and O–H groups in total. The molecule has 0 saturated heterocycles. The smallest absolute Gasteiger partial charge is 0.262 e. The summed E-state index contributed by atoms with van der Waals surface area (Å²) in [6.07, 6.45) is 0.637. The summed E-state index contributed by atoms with van der Waals surface area (Å²) in [5.41, 5.74) is 9.22. The van der Waals surface area contributed by atoms with Gasteiger partial charge in [-0.3, -0.25) is 9.59 Å². The van der Waals surface area contributed by atoms with Crippen molar-refractivity contribution in [1.82, 2.24) is 9.78 Å². The highest BCUT2D eigenvalue weighted by molar-refractivity contribution is 6.11. The summed E-state index contributed by atoms with van der Waals surface area (Å²) < 4.78 is 20.7. The van der Waals surface area contributed by atoms with E-state index in [0.717, 1.165) is 11.1 Å². The first kappa shape index (κ1) is 21.4. The van der Waals surface area contributed by atoms with Gasteiger partial charge in [0, 0.05) is 11.8 Å². The number of hydrogen-bond acceptors (Lipinski definition) is 4. The number of anilines is 1. The molecule has 0 radical (unpaired) electrons. The summed E-state index contributed by atoms with van der Waals surface area (Å²) in [6, 6.07) is 20.5. The Morgan fingerprint density at radius 3 is 2.56 bits per heavy atom. The van der Waals surface area contributed by atoms with Crippen LogP contribution in [0.25, 0.3) is 16.9 Å². The van der Waals surface area contributed by atoms with Crippen molar-refractivity contribution in [3.05, 3.63) is 95.9 Å². The number of benzene rings is 3. The van der Waals surface area contributed by atoms with Gasteiger partial charge in [-0.25, -0.2) is 9.07 Å². The second-order valence-electron chi connectivity index (χ2n) is 8.07. The average molecular weight is 456 g/mol. The summed E-state index contributed by atoms with van der Waals surface area (Å²) >= 11 is 0. The van der Waals surface area contributed by atoms with Gasteiger partial charge >= 0.3 is 0 Å². The first-order chi connectivity index (χ1) is 16.4. The number of amides is 2. The number of carbonyl (C=O) groups excluding carboxylic acids is 2. The summed E-state index contributed by atoms with van der Waals surface area (Å²) in [5.74, 6) is -0.984. The fraction of sp³-hybridized carbons (Fsp3) is 0.115. The van der Waals surface area contributed by atoms with Gasteiger partial charge in [-0.15, -0.1) is 0 Å². The zero-order valence-electron chi connectivity index (χ0n) is 18.3. The van der Waals surface area contributed by atoms with E-state index in [1.807, 2.05) is 31.2 Å². The molecule has 0 bridgehead atoms. The second-order valence-corrected chi connectivity index (χ2v) is 8.07. The molecule has 0 aliphatic carbocycles. The lowest BCUT2D eigenvalue weighted by Gasteiger charge is -2.33. The molecule has 0 saturated carbocycles. The van der Waals surface area contributed by atoms with Crippen LogP contribution in [0.4, 0.5) is 10.1 Å². The number of fused-ring (bicyclic) bond motifs is 1. The van der Waals surface area contributed by atoms with Crippen LogP contribution in [-0.4, -0.2) is 34.2 Å². The molecule has 3 aromatic carbocycles. The molecule has 34 heavy (non-hydrogen) atoms. The van der Waals surface area contributed by atoms with E-state index in [-0.39, 0.29) is 18.3 Å². The highest BCUT2D eigenvalue weighted by Crippen LogP contribution is 2.35. The van der Waals surface area contributed by atoms with Gasteiger partial charge in [0.2, 0.25) is 0 Å². The maximum atomic E-state index is 13.9. The first-order valence-electron chi connectivity index (χ1n) is 10.7. The van der Waals surface area contributed by atoms with Crippen LogP contribution in [0.1, 0.15) is 15.9 Å². The Hall–Kier alpha value is -4.46. The standard InChI is InChI=1S/C26H21FN4O3/c1-16-5-4-6-17(13-16)24-20(14-31(29-24)19-11-9-18(27)10-12-19)26(33)30-15-23(25(28)32)34-22-8-3-2-7-21(22)30/h2-14,23H,15H2,1H3,(H2,28,32)/t23-/m0/s1. The van der Waals surface area contributed by atoms with Crippen LogP contribution in [0.15, 0.2) is 79.0 Å². The van der Waals surface area contributed by atoms with E-state index in [1.165, 1.54) is 17.0 Å². The summed E-state index contributed by atoms with van der Waals surface area (Å²) in [4.78, 5) is 27.3. The molecule has 1 aliphatic rings. The normalized spacial score (nSPS) is 14.9. The number of nitrogens with two attached hydrogens (primary N) is 1. The Morgan fingerprint density at radius 1 is 1.06 bits per heavy atom. The molecule has 1 atom stereocenters. The summed E-state index contributed by atoms with van der Waals surface area (Å²) in [7, 11) is 0. The van der Waals surface area contributed by atoms with Crippen molar-refractivity contribution < 1.29 is 18.7 Å². The van der Waals surface area contributed by atoms with Crippen molar-refractivity contribution in [3.63, 3.8) is 0 Å². The molecule has 8 heteroatoms. The quantitative estimate of drug-likeness (QED) is 0.505. The second kappa shape index (κ2) is 8.47. The monoisotopic (exact) mass is 456 g/mol. The van der Waals surface area contributed by atoms with Crippen molar-refractivity contribution >= 4 is 17.5 Å². The molecule has 5 rings (SSSR count). The molecule has 1 aliphatic heterocycles. The van der Waals surface area contributed by atoms with Crippen LogP contribution in [0.5, 0.6) is 5.75 Å². The van der Waals surface area contributed by atoms with E-state index < -0.39 is 12.0 Å². The third-order valence-corrected chi connectivity index (χ3v) is 5.66. The average Bonchev–Trinajstić information content (AvgIpc) is 3.29. The molecule has 0 spiro atoms. The van der Waals surface area contributed by atoms with Gasteiger partial charge in [-0.05, 0) is 49.4 Å². The van der Waals surface area contributed by atoms with Gasteiger partial charge in [-0.2, -0.15) is 5.10 Å². The molecule has 7 nitrogen and oxygen atoms in total. The number of primary amides is 1. The van der Waals surface area contributed by atoms with Gasteiger partial charge in [0.05, 0.1) is 23.5 Å². The van der Waals surface area contributed by atoms with Crippen LogP contribution in [-0.2, 0) is 4.79 Å². The third kappa shape index (κ3) is 3.90. The molecular formula is C26H21FN4O3. The number of para-hydroxylation sites is 2. The Labute approximate surface area is 195 Å². The van der Waals surface area contributed by atoms with E-state index in [1.54, 1.807) is 47.3 Å². The van der Waals surface area contributed by atoms with Crippen molar-refractivity contribution in [2.75, 3.05) is 11.4 Å². The van der Waals surface area contributed by atoms with Crippen LogP contribution in [0.3, 0.4) is 0 Å². The zero-order valence-corrected chi connectivity index (χ0v) is 18.3. The van der Waals surface area contributed by atoms with Gasteiger partial charge in [-0.1, -0.05) is 35.9 Å². The molecule has 0 unspecified atom stereocenters. The van der Waals surface area contributed by atoms with Crippen LogP contribution in [0.2, 0.25) is 0 Å². The molecule has 1 aromatic heterocycles. The number of aromatic nitrogens is 2. The Kier molecular flexibility index (Phi) is 5.33. The van der Waals surface area contributed by atoms with Crippen LogP contribution < -0.4 is 15.4 Å². The summed E-state index contributed by atoms with van der Waals surface area (Å²) in [5, 5.41) is 4.67. The molecule has 170 valence electrons. The van der Waals surface area contributed by atoms with Crippen LogP contribution >= 0.6 is 0 Å². The van der Waals surface area contributed by atoms with Crippen molar-refractivity contribution in [2.24, 2.45) is 5.73 Å². The molecule has 2 amide bonds. The minimum atomic E-state index is -0.978. The fourth-order valence-electron chi connectivity index (χ4n) is 3.98. The van der Waals surface area contributed by atoms with E-state index >= 15 is 0 Å². The maximum absolute atomic E-state index is 13.9. The Morgan fingerprint density at radius 2 is 1.82 bits per heavy atom. The molecule has 0 fully saturated rings. The maximum Gasteiger partial charge on any atom is 0.262 e. The van der Waals surface area contributed by atoms with Crippen molar-refractivity contribution in [2.45, 2.75) is 13.0 Å². The van der Waals surface area contributed by atoms with Crippen molar-refractivity contribution in [3.8, 4) is 22.7 Å². The van der Waals surface area contributed by atoms with Gasteiger partial charge in [0.25, 0.3) is 11.8 Å². The molecule has 4 aromatic rings. The molecular weight excluding hydrogens is 435 g/mol. The molecule has 2 heterocycles. The van der Waals surface area contributed by atoms with E-state index in [2.05, 4.69) is 5.10 Å². The number of nitrogens with zero attached hydrogens (tertiary/aromatic N) is 3. The van der Waals surface area contributed by atoms with Gasteiger partial charge in [0.1, 0.15) is 17.3 Å². The highest BCUT2D eigenvalue weighted by atomic mass is 19.1. The highest BCUT2D eigenvalue weighted by Gasteiger charge is 2.35. The topological polar surface area (TPSA) is 90.5 Å².